The molecule has 0 bridgehead atoms. The fraction of sp³-hybridized carbons (Fsp3) is 0.250. The van der Waals surface area contributed by atoms with Crippen molar-refractivity contribution in [3.8, 4) is 0 Å². The Balaban J connectivity index is 2.02. The molecule has 0 unspecified atom stereocenters. The summed E-state index contributed by atoms with van der Waals surface area (Å²) in [6, 6.07) is 5.95. The number of pyridine rings is 1. The summed E-state index contributed by atoms with van der Waals surface area (Å²) in [6.07, 6.45) is 1.80. The number of halogens is 1. The second kappa shape index (κ2) is 4.70. The van der Waals surface area contributed by atoms with Gasteiger partial charge in [-0.2, -0.15) is 0 Å². The lowest BCUT2D eigenvalue weighted by Crippen LogP contribution is -1.99. The van der Waals surface area contributed by atoms with Gasteiger partial charge in [0.15, 0.2) is 0 Å². The van der Waals surface area contributed by atoms with Gasteiger partial charge in [-0.1, -0.05) is 0 Å². The van der Waals surface area contributed by atoms with E-state index >= 15 is 0 Å². The van der Waals surface area contributed by atoms with E-state index in [1.807, 2.05) is 26.0 Å². The molecule has 2 aromatic rings. The number of anilines is 1. The molecule has 0 saturated heterocycles. The van der Waals surface area contributed by atoms with Crippen LogP contribution in [0.1, 0.15) is 17.1 Å². The first-order valence-electron chi connectivity index (χ1n) is 5.06. The molecule has 0 saturated carbocycles. The molecule has 0 aliphatic carbocycles. The molecular formula is C12H13BrN2O. The highest BCUT2D eigenvalue weighted by molar-refractivity contribution is 9.10. The number of aryl methyl sites for hydroxylation is 2. The molecule has 3 nitrogen and oxygen atoms in total. The monoisotopic (exact) mass is 280 g/mol. The average molecular weight is 281 g/mol. The fourth-order valence-corrected chi connectivity index (χ4v) is 1.77. The van der Waals surface area contributed by atoms with Gasteiger partial charge in [0.2, 0.25) is 0 Å². The second-order valence-electron chi connectivity index (χ2n) is 3.66. The maximum atomic E-state index is 5.46. The minimum absolute atomic E-state index is 0.756. The zero-order valence-electron chi connectivity index (χ0n) is 9.25. The highest BCUT2D eigenvalue weighted by Gasteiger charge is 2.03. The first-order valence-corrected chi connectivity index (χ1v) is 5.86. The molecule has 0 spiro atoms. The van der Waals surface area contributed by atoms with E-state index < -0.39 is 0 Å². The van der Waals surface area contributed by atoms with Gasteiger partial charge >= 0.3 is 0 Å². The molecular weight excluding hydrogens is 268 g/mol. The highest BCUT2D eigenvalue weighted by atomic mass is 79.9. The second-order valence-corrected chi connectivity index (χ2v) is 4.47. The van der Waals surface area contributed by atoms with Crippen LogP contribution in [0.5, 0.6) is 0 Å². The molecule has 2 heterocycles. The molecule has 0 amide bonds. The van der Waals surface area contributed by atoms with Crippen molar-refractivity contribution in [2.45, 2.75) is 20.4 Å². The van der Waals surface area contributed by atoms with E-state index in [2.05, 4.69) is 32.3 Å². The van der Waals surface area contributed by atoms with Gasteiger partial charge in [-0.3, -0.25) is 0 Å². The Hall–Kier alpha value is -1.29. The topological polar surface area (TPSA) is 38.1 Å². The van der Waals surface area contributed by atoms with Gasteiger partial charge in [-0.15, -0.1) is 0 Å². The smallest absolute Gasteiger partial charge is 0.106 e. The number of nitrogens with zero attached hydrogens (tertiary/aromatic N) is 1. The molecule has 0 aliphatic rings. The van der Waals surface area contributed by atoms with E-state index in [1.165, 1.54) is 5.56 Å². The average Bonchev–Trinajstić information content (AvgIpc) is 2.57. The van der Waals surface area contributed by atoms with Gasteiger partial charge in [0.25, 0.3) is 0 Å². The third kappa shape index (κ3) is 2.64. The number of rotatable bonds is 3. The van der Waals surface area contributed by atoms with Crippen LogP contribution < -0.4 is 5.32 Å². The van der Waals surface area contributed by atoms with Crippen molar-refractivity contribution in [2.24, 2.45) is 0 Å². The van der Waals surface area contributed by atoms with Gasteiger partial charge in [-0.05, 0) is 48.0 Å². The number of hydrogen-bond acceptors (Lipinski definition) is 3. The van der Waals surface area contributed by atoms with Crippen LogP contribution in [0.15, 0.2) is 33.4 Å². The summed E-state index contributed by atoms with van der Waals surface area (Å²) in [6.45, 7) is 4.69. The Bertz CT molecular complexity index is 476. The van der Waals surface area contributed by atoms with Crippen molar-refractivity contribution in [3.63, 3.8) is 0 Å². The standard InChI is InChI=1S/C12H13BrN2O/c1-8-5-10(9(2)16-8)6-14-11-3-4-12(13)15-7-11/h3-5,7,14H,6H2,1-2H3. The van der Waals surface area contributed by atoms with Crippen LogP contribution in [0.3, 0.4) is 0 Å². The van der Waals surface area contributed by atoms with Gasteiger partial charge in [0, 0.05) is 12.1 Å². The molecule has 1 N–H and O–H groups in total. The molecule has 0 aromatic carbocycles. The summed E-state index contributed by atoms with van der Waals surface area (Å²) in [5, 5.41) is 3.30. The summed E-state index contributed by atoms with van der Waals surface area (Å²) in [4.78, 5) is 4.15. The summed E-state index contributed by atoms with van der Waals surface area (Å²) >= 11 is 3.30. The normalized spacial score (nSPS) is 10.4. The third-order valence-corrected chi connectivity index (χ3v) is 2.82. The Morgan fingerprint density at radius 1 is 1.38 bits per heavy atom. The lowest BCUT2D eigenvalue weighted by molar-refractivity contribution is 0.501. The van der Waals surface area contributed by atoms with Crippen LogP contribution in [0, 0.1) is 13.8 Å². The molecule has 0 atom stereocenters. The molecule has 2 aromatic heterocycles. The predicted octanol–water partition coefficient (Wildman–Crippen LogP) is 3.67. The zero-order chi connectivity index (χ0) is 11.5. The lowest BCUT2D eigenvalue weighted by Gasteiger charge is -2.04. The van der Waals surface area contributed by atoms with Crippen molar-refractivity contribution in [1.29, 1.82) is 0 Å². The van der Waals surface area contributed by atoms with E-state index in [4.69, 9.17) is 4.42 Å². The maximum absolute atomic E-state index is 5.46. The number of aromatic nitrogens is 1. The fourth-order valence-electron chi connectivity index (χ4n) is 1.54. The Morgan fingerprint density at radius 2 is 2.19 bits per heavy atom. The molecule has 84 valence electrons. The predicted molar refractivity (Wildman–Crippen MR) is 67.4 cm³/mol. The van der Waals surface area contributed by atoms with E-state index in [0.29, 0.717) is 0 Å². The summed E-state index contributed by atoms with van der Waals surface area (Å²) in [5.74, 6) is 1.92. The molecule has 0 aliphatic heterocycles. The summed E-state index contributed by atoms with van der Waals surface area (Å²) in [7, 11) is 0. The van der Waals surface area contributed by atoms with Crippen molar-refractivity contribution in [1.82, 2.24) is 4.98 Å². The van der Waals surface area contributed by atoms with Crippen LogP contribution in [0.2, 0.25) is 0 Å². The van der Waals surface area contributed by atoms with Crippen molar-refractivity contribution in [2.75, 3.05) is 5.32 Å². The zero-order valence-corrected chi connectivity index (χ0v) is 10.8. The van der Waals surface area contributed by atoms with E-state index in [-0.39, 0.29) is 0 Å². The van der Waals surface area contributed by atoms with E-state index in [0.717, 1.165) is 28.4 Å². The van der Waals surface area contributed by atoms with Crippen LogP contribution in [0.4, 0.5) is 5.69 Å². The SMILES string of the molecule is Cc1cc(CNc2ccc(Br)nc2)c(C)o1. The van der Waals surface area contributed by atoms with Crippen molar-refractivity contribution in [3.05, 3.63) is 46.1 Å². The molecule has 0 radical (unpaired) electrons. The lowest BCUT2D eigenvalue weighted by atomic mass is 10.2. The summed E-state index contributed by atoms with van der Waals surface area (Å²) in [5.41, 5.74) is 2.18. The third-order valence-electron chi connectivity index (χ3n) is 2.35. The Kier molecular flexibility index (Phi) is 3.29. The molecule has 0 fully saturated rings. The molecule has 16 heavy (non-hydrogen) atoms. The summed E-state index contributed by atoms with van der Waals surface area (Å²) < 4.78 is 6.30. The number of hydrogen-bond donors (Lipinski definition) is 1. The Morgan fingerprint density at radius 3 is 2.75 bits per heavy atom. The molecule has 4 heteroatoms. The van der Waals surface area contributed by atoms with Gasteiger partial charge in [-0.25, -0.2) is 4.98 Å². The quantitative estimate of drug-likeness (QED) is 0.872. The maximum Gasteiger partial charge on any atom is 0.106 e. The highest BCUT2D eigenvalue weighted by Crippen LogP contribution is 2.16. The van der Waals surface area contributed by atoms with Gasteiger partial charge in [0.05, 0.1) is 11.9 Å². The minimum Gasteiger partial charge on any atom is -0.466 e. The van der Waals surface area contributed by atoms with Crippen LogP contribution in [-0.2, 0) is 6.54 Å². The first kappa shape index (κ1) is 11.2. The molecule has 2 rings (SSSR count). The first-order chi connectivity index (χ1) is 7.65. The van der Waals surface area contributed by atoms with Crippen LogP contribution >= 0.6 is 15.9 Å². The number of furan rings is 1. The van der Waals surface area contributed by atoms with Crippen molar-refractivity contribution < 1.29 is 4.42 Å². The largest absolute Gasteiger partial charge is 0.466 e. The van der Waals surface area contributed by atoms with Gasteiger partial charge in [0.1, 0.15) is 16.1 Å². The van der Waals surface area contributed by atoms with Gasteiger partial charge < -0.3 is 9.73 Å². The Labute approximate surface area is 103 Å². The minimum atomic E-state index is 0.756. The number of nitrogens with one attached hydrogen (secondary N) is 1. The van der Waals surface area contributed by atoms with E-state index in [1.54, 1.807) is 6.20 Å². The van der Waals surface area contributed by atoms with Crippen molar-refractivity contribution >= 4 is 21.6 Å². The van der Waals surface area contributed by atoms with Crippen LogP contribution in [0.25, 0.3) is 0 Å². The van der Waals surface area contributed by atoms with E-state index in [9.17, 15) is 0 Å². The van der Waals surface area contributed by atoms with Crippen LogP contribution in [-0.4, -0.2) is 4.98 Å².